The second-order valence-corrected chi connectivity index (χ2v) is 5.34. The number of benzene rings is 1. The fourth-order valence-corrected chi connectivity index (χ4v) is 2.50. The lowest BCUT2D eigenvalue weighted by Crippen LogP contribution is -2.43. The molecule has 0 bridgehead atoms. The molecular formula is C13H14BrNO2. The van der Waals surface area contributed by atoms with Gasteiger partial charge in [0.2, 0.25) is 11.8 Å². The van der Waals surface area contributed by atoms with Crippen molar-refractivity contribution < 1.29 is 9.59 Å². The van der Waals surface area contributed by atoms with Gasteiger partial charge < -0.3 is 0 Å². The molecular weight excluding hydrogens is 282 g/mol. The number of hydrogen-bond acceptors (Lipinski definition) is 2. The highest BCUT2D eigenvalue weighted by atomic mass is 79.9. The molecule has 0 aromatic heterocycles. The summed E-state index contributed by atoms with van der Waals surface area (Å²) in [6.07, 6.45) is 0.873. The predicted molar refractivity (Wildman–Crippen MR) is 69.8 cm³/mol. The first kappa shape index (κ1) is 12.3. The topological polar surface area (TPSA) is 37.4 Å². The van der Waals surface area contributed by atoms with Gasteiger partial charge in [-0.3, -0.25) is 9.59 Å². The van der Waals surface area contributed by atoms with E-state index in [9.17, 15) is 9.59 Å². The Morgan fingerprint density at radius 3 is 2.41 bits per heavy atom. The molecule has 1 aromatic carbocycles. The highest BCUT2D eigenvalue weighted by Crippen LogP contribution is 2.33. The summed E-state index contributed by atoms with van der Waals surface area (Å²) in [6.45, 7) is 3.87. The molecule has 0 N–H and O–H groups in total. The Bertz CT molecular complexity index is 466. The molecule has 4 heteroatoms. The molecule has 2 rings (SSSR count). The Kier molecular flexibility index (Phi) is 3.33. The standard InChI is InChI=1S/C13H14BrNO2/c1-8-6-11(16)15(12(17)7-8)10-5-3-4-9(2)13(10)14/h3-5,8H,6-7H2,1-2H3. The van der Waals surface area contributed by atoms with Crippen molar-refractivity contribution in [3.63, 3.8) is 0 Å². The Hall–Kier alpha value is -1.16. The van der Waals surface area contributed by atoms with Gasteiger partial charge in [0, 0.05) is 17.3 Å². The average Bonchev–Trinajstić information content (AvgIpc) is 2.23. The van der Waals surface area contributed by atoms with Crippen LogP contribution in [0, 0.1) is 12.8 Å². The zero-order valence-corrected chi connectivity index (χ0v) is 11.5. The van der Waals surface area contributed by atoms with Gasteiger partial charge in [-0.1, -0.05) is 19.1 Å². The van der Waals surface area contributed by atoms with Crippen molar-refractivity contribution in [1.29, 1.82) is 0 Å². The first-order chi connectivity index (χ1) is 8.00. The molecule has 0 atom stereocenters. The first-order valence-electron chi connectivity index (χ1n) is 5.61. The fourth-order valence-electron chi connectivity index (χ4n) is 2.06. The normalized spacial score (nSPS) is 17.7. The van der Waals surface area contributed by atoms with Crippen LogP contribution >= 0.6 is 15.9 Å². The lowest BCUT2D eigenvalue weighted by atomic mass is 9.97. The van der Waals surface area contributed by atoms with Crippen LogP contribution in [-0.2, 0) is 9.59 Å². The van der Waals surface area contributed by atoms with E-state index in [1.165, 1.54) is 4.90 Å². The number of carbonyl (C=O) groups is 2. The Labute approximate surface area is 109 Å². The number of anilines is 1. The minimum Gasteiger partial charge on any atom is -0.274 e. The maximum absolute atomic E-state index is 12.0. The number of rotatable bonds is 1. The van der Waals surface area contributed by atoms with Gasteiger partial charge in [-0.25, -0.2) is 4.90 Å². The number of nitrogens with zero attached hydrogens (tertiary/aromatic N) is 1. The highest BCUT2D eigenvalue weighted by molar-refractivity contribution is 9.10. The summed E-state index contributed by atoms with van der Waals surface area (Å²) >= 11 is 3.44. The third-order valence-electron chi connectivity index (χ3n) is 2.96. The van der Waals surface area contributed by atoms with E-state index in [0.717, 1.165) is 10.0 Å². The molecule has 1 aliphatic rings. The van der Waals surface area contributed by atoms with Crippen molar-refractivity contribution in [2.75, 3.05) is 4.90 Å². The lowest BCUT2D eigenvalue weighted by molar-refractivity contribution is -0.130. The fraction of sp³-hybridized carbons (Fsp3) is 0.385. The monoisotopic (exact) mass is 295 g/mol. The Morgan fingerprint density at radius 1 is 1.24 bits per heavy atom. The van der Waals surface area contributed by atoms with Crippen LogP contribution in [0.25, 0.3) is 0 Å². The van der Waals surface area contributed by atoms with Crippen molar-refractivity contribution in [1.82, 2.24) is 0 Å². The van der Waals surface area contributed by atoms with E-state index in [4.69, 9.17) is 0 Å². The zero-order chi connectivity index (χ0) is 12.6. The quantitative estimate of drug-likeness (QED) is 0.747. The number of piperidine rings is 1. The second-order valence-electron chi connectivity index (χ2n) is 4.54. The van der Waals surface area contributed by atoms with Gasteiger partial charge >= 0.3 is 0 Å². The summed E-state index contributed by atoms with van der Waals surface area (Å²) in [6, 6.07) is 5.59. The number of halogens is 1. The van der Waals surface area contributed by atoms with Gasteiger partial charge in [-0.2, -0.15) is 0 Å². The smallest absolute Gasteiger partial charge is 0.234 e. The molecule has 1 fully saturated rings. The van der Waals surface area contributed by atoms with E-state index in [0.29, 0.717) is 18.5 Å². The lowest BCUT2D eigenvalue weighted by Gasteiger charge is -2.29. The minimum atomic E-state index is -0.111. The molecule has 90 valence electrons. The van der Waals surface area contributed by atoms with Crippen LogP contribution in [0.4, 0.5) is 5.69 Å². The van der Waals surface area contributed by atoms with E-state index in [2.05, 4.69) is 15.9 Å². The van der Waals surface area contributed by atoms with Gasteiger partial charge in [0.05, 0.1) is 5.69 Å². The van der Waals surface area contributed by atoms with Crippen LogP contribution in [0.5, 0.6) is 0 Å². The summed E-state index contributed by atoms with van der Waals surface area (Å²) in [5.74, 6) is -0.0741. The summed E-state index contributed by atoms with van der Waals surface area (Å²) in [7, 11) is 0. The SMILES string of the molecule is Cc1cccc(N2C(=O)CC(C)CC2=O)c1Br. The van der Waals surface area contributed by atoms with Gasteiger partial charge in [0.15, 0.2) is 0 Å². The molecule has 3 nitrogen and oxygen atoms in total. The van der Waals surface area contributed by atoms with Crippen molar-refractivity contribution >= 4 is 33.4 Å². The van der Waals surface area contributed by atoms with Crippen molar-refractivity contribution in [3.8, 4) is 0 Å². The largest absolute Gasteiger partial charge is 0.274 e. The summed E-state index contributed by atoms with van der Waals surface area (Å²) in [5.41, 5.74) is 1.67. The zero-order valence-electron chi connectivity index (χ0n) is 9.87. The van der Waals surface area contributed by atoms with Crippen LogP contribution in [0.3, 0.4) is 0 Å². The molecule has 2 amide bonds. The van der Waals surface area contributed by atoms with Gasteiger partial charge in [-0.15, -0.1) is 0 Å². The molecule has 0 spiro atoms. The predicted octanol–water partition coefficient (Wildman–Crippen LogP) is 3.05. The van der Waals surface area contributed by atoms with Crippen LogP contribution in [-0.4, -0.2) is 11.8 Å². The minimum absolute atomic E-state index is 0.111. The summed E-state index contributed by atoms with van der Waals surface area (Å²) in [5, 5.41) is 0. The average molecular weight is 296 g/mol. The van der Waals surface area contributed by atoms with E-state index < -0.39 is 0 Å². The number of hydrogen-bond donors (Lipinski definition) is 0. The van der Waals surface area contributed by atoms with E-state index in [-0.39, 0.29) is 17.7 Å². The van der Waals surface area contributed by atoms with Gasteiger partial charge in [0.1, 0.15) is 0 Å². The first-order valence-corrected chi connectivity index (χ1v) is 6.41. The molecule has 1 heterocycles. The number of aryl methyl sites for hydroxylation is 1. The summed E-state index contributed by atoms with van der Waals surface area (Å²) < 4.78 is 0.816. The highest BCUT2D eigenvalue weighted by Gasteiger charge is 2.32. The molecule has 0 unspecified atom stereocenters. The van der Waals surface area contributed by atoms with Crippen LogP contribution in [0.1, 0.15) is 25.3 Å². The van der Waals surface area contributed by atoms with E-state index in [1.807, 2.05) is 26.0 Å². The molecule has 0 aliphatic carbocycles. The molecule has 1 aliphatic heterocycles. The number of carbonyl (C=O) groups excluding carboxylic acids is 2. The van der Waals surface area contributed by atoms with E-state index >= 15 is 0 Å². The van der Waals surface area contributed by atoms with Crippen molar-refractivity contribution in [2.45, 2.75) is 26.7 Å². The van der Waals surface area contributed by atoms with Gasteiger partial charge in [-0.05, 0) is 40.4 Å². The maximum atomic E-state index is 12.0. The summed E-state index contributed by atoms with van der Waals surface area (Å²) in [4.78, 5) is 25.2. The molecule has 1 aromatic rings. The molecule has 0 saturated carbocycles. The van der Waals surface area contributed by atoms with Crippen LogP contribution < -0.4 is 4.90 Å². The third-order valence-corrected chi connectivity index (χ3v) is 3.99. The number of imide groups is 1. The van der Waals surface area contributed by atoms with Gasteiger partial charge in [0.25, 0.3) is 0 Å². The Balaban J connectivity index is 2.42. The molecule has 17 heavy (non-hydrogen) atoms. The van der Waals surface area contributed by atoms with Crippen LogP contribution in [0.15, 0.2) is 22.7 Å². The number of amides is 2. The van der Waals surface area contributed by atoms with Crippen molar-refractivity contribution in [3.05, 3.63) is 28.2 Å². The third kappa shape index (κ3) is 2.27. The van der Waals surface area contributed by atoms with E-state index in [1.54, 1.807) is 6.07 Å². The molecule has 1 saturated heterocycles. The Morgan fingerprint density at radius 2 is 1.82 bits per heavy atom. The van der Waals surface area contributed by atoms with Crippen LogP contribution in [0.2, 0.25) is 0 Å². The van der Waals surface area contributed by atoms with Crippen molar-refractivity contribution in [2.24, 2.45) is 5.92 Å². The molecule has 0 radical (unpaired) electrons. The second kappa shape index (κ2) is 4.61. The maximum Gasteiger partial charge on any atom is 0.234 e.